The standard InChI is InChI=1S/C8H12ClN3O2S/c9-7-2-1-5-12(6-7)15(13,14)8-3-4-10-11-8/h3-4,7H,1-2,5-6H2,(H,10,11). The lowest BCUT2D eigenvalue weighted by atomic mass is 10.2. The molecule has 7 heteroatoms. The first kappa shape index (κ1) is 10.9. The molecular weight excluding hydrogens is 238 g/mol. The van der Waals surface area contributed by atoms with Crippen LogP contribution in [0.15, 0.2) is 17.3 Å². The average molecular weight is 250 g/mol. The van der Waals surface area contributed by atoms with Crippen LogP contribution in [0.4, 0.5) is 0 Å². The number of piperidine rings is 1. The Balaban J connectivity index is 2.22. The van der Waals surface area contributed by atoms with Gasteiger partial charge in [0, 0.05) is 18.5 Å². The van der Waals surface area contributed by atoms with Gasteiger partial charge in [0.1, 0.15) is 0 Å². The van der Waals surface area contributed by atoms with Crippen LogP contribution in [0.2, 0.25) is 0 Å². The van der Waals surface area contributed by atoms with Gasteiger partial charge in [0.15, 0.2) is 5.03 Å². The molecule has 2 heterocycles. The largest absolute Gasteiger partial charge is 0.266 e. The number of hydrogen-bond acceptors (Lipinski definition) is 3. The predicted molar refractivity (Wildman–Crippen MR) is 56.2 cm³/mol. The molecule has 0 radical (unpaired) electrons. The topological polar surface area (TPSA) is 66.1 Å². The van der Waals surface area contributed by atoms with Gasteiger partial charge >= 0.3 is 0 Å². The number of rotatable bonds is 2. The summed E-state index contributed by atoms with van der Waals surface area (Å²) in [4.78, 5) is 0. The first-order valence-electron chi connectivity index (χ1n) is 4.74. The summed E-state index contributed by atoms with van der Waals surface area (Å²) in [5.41, 5.74) is 0. The van der Waals surface area contributed by atoms with Crippen LogP contribution in [0.25, 0.3) is 0 Å². The molecular formula is C8H12ClN3O2S. The minimum atomic E-state index is -3.42. The molecule has 0 aromatic carbocycles. The van der Waals surface area contributed by atoms with Crippen molar-refractivity contribution in [3.63, 3.8) is 0 Å². The van der Waals surface area contributed by atoms with E-state index in [1.807, 2.05) is 0 Å². The van der Waals surface area contributed by atoms with Crippen molar-refractivity contribution < 1.29 is 8.42 Å². The smallest absolute Gasteiger partial charge is 0.260 e. The Labute approximate surface area is 93.5 Å². The second-order valence-corrected chi connectivity index (χ2v) is 6.05. The van der Waals surface area contributed by atoms with Gasteiger partial charge in [-0.1, -0.05) is 0 Å². The molecule has 5 nitrogen and oxygen atoms in total. The Morgan fingerprint density at radius 3 is 3.00 bits per heavy atom. The van der Waals surface area contributed by atoms with Crippen molar-refractivity contribution in [3.8, 4) is 0 Å². The highest BCUT2D eigenvalue weighted by Gasteiger charge is 2.30. The lowest BCUT2D eigenvalue weighted by Gasteiger charge is -2.28. The molecule has 1 saturated heterocycles. The van der Waals surface area contributed by atoms with Crippen LogP contribution in [-0.4, -0.2) is 41.4 Å². The van der Waals surface area contributed by atoms with Crippen molar-refractivity contribution in [1.29, 1.82) is 0 Å². The molecule has 1 fully saturated rings. The molecule has 0 saturated carbocycles. The second kappa shape index (κ2) is 4.11. The minimum Gasteiger partial charge on any atom is -0.266 e. The van der Waals surface area contributed by atoms with Crippen LogP contribution in [0, 0.1) is 0 Å². The van der Waals surface area contributed by atoms with Gasteiger partial charge in [0.05, 0.1) is 6.20 Å². The zero-order chi connectivity index (χ0) is 10.9. The molecule has 84 valence electrons. The lowest BCUT2D eigenvalue weighted by molar-refractivity contribution is 0.349. The van der Waals surface area contributed by atoms with Crippen molar-refractivity contribution in [2.75, 3.05) is 13.1 Å². The van der Waals surface area contributed by atoms with Gasteiger partial charge in [-0.05, 0) is 18.9 Å². The molecule has 1 N–H and O–H groups in total. The van der Waals surface area contributed by atoms with Gasteiger partial charge in [0.2, 0.25) is 0 Å². The number of aromatic nitrogens is 2. The van der Waals surface area contributed by atoms with Gasteiger partial charge in [-0.15, -0.1) is 11.6 Å². The van der Waals surface area contributed by atoms with Crippen molar-refractivity contribution in [2.45, 2.75) is 23.2 Å². The normalized spacial score (nSPS) is 24.2. The summed E-state index contributed by atoms with van der Waals surface area (Å²) >= 11 is 5.95. The summed E-state index contributed by atoms with van der Waals surface area (Å²) in [5, 5.41) is 6.15. The maximum atomic E-state index is 12.0. The zero-order valence-electron chi connectivity index (χ0n) is 8.06. The van der Waals surface area contributed by atoms with E-state index in [1.165, 1.54) is 16.6 Å². The molecule has 0 spiro atoms. The molecule has 1 aliphatic heterocycles. The van der Waals surface area contributed by atoms with Crippen LogP contribution in [0.1, 0.15) is 12.8 Å². The molecule has 1 atom stereocenters. The first-order chi connectivity index (χ1) is 7.10. The van der Waals surface area contributed by atoms with E-state index in [9.17, 15) is 8.42 Å². The zero-order valence-corrected chi connectivity index (χ0v) is 9.63. The molecule has 1 unspecified atom stereocenters. The van der Waals surface area contributed by atoms with Gasteiger partial charge < -0.3 is 0 Å². The Morgan fingerprint density at radius 2 is 2.40 bits per heavy atom. The number of nitrogens with one attached hydrogen (secondary N) is 1. The Bertz CT molecular complexity index is 417. The number of aromatic amines is 1. The van der Waals surface area contributed by atoms with Crippen LogP contribution < -0.4 is 0 Å². The molecule has 0 bridgehead atoms. The van der Waals surface area contributed by atoms with Gasteiger partial charge in [-0.3, -0.25) is 5.10 Å². The van der Waals surface area contributed by atoms with E-state index in [4.69, 9.17) is 11.6 Å². The number of H-pyrrole nitrogens is 1. The fourth-order valence-electron chi connectivity index (χ4n) is 1.64. The predicted octanol–water partition coefficient (Wildman–Crippen LogP) is 0.802. The second-order valence-electron chi connectivity index (χ2n) is 3.52. The van der Waals surface area contributed by atoms with E-state index >= 15 is 0 Å². The number of alkyl halides is 1. The third kappa shape index (κ3) is 2.16. The monoisotopic (exact) mass is 249 g/mol. The van der Waals surface area contributed by atoms with Gasteiger partial charge in [-0.2, -0.15) is 9.40 Å². The van der Waals surface area contributed by atoms with Gasteiger partial charge in [0.25, 0.3) is 10.0 Å². The van der Waals surface area contributed by atoms with Gasteiger partial charge in [-0.25, -0.2) is 8.42 Å². The van der Waals surface area contributed by atoms with E-state index in [1.54, 1.807) is 0 Å². The van der Waals surface area contributed by atoms with Crippen molar-refractivity contribution in [2.24, 2.45) is 0 Å². The lowest BCUT2D eigenvalue weighted by Crippen LogP contribution is -2.40. The Morgan fingerprint density at radius 1 is 1.60 bits per heavy atom. The fraction of sp³-hybridized carbons (Fsp3) is 0.625. The molecule has 2 rings (SSSR count). The molecule has 0 aliphatic carbocycles. The van der Waals surface area contributed by atoms with E-state index in [2.05, 4.69) is 10.2 Å². The van der Waals surface area contributed by atoms with Crippen molar-refractivity contribution in [3.05, 3.63) is 12.3 Å². The number of hydrogen-bond donors (Lipinski definition) is 1. The summed E-state index contributed by atoms with van der Waals surface area (Å²) in [5.74, 6) is 0. The maximum Gasteiger partial charge on any atom is 0.260 e. The highest BCUT2D eigenvalue weighted by Crippen LogP contribution is 2.21. The van der Waals surface area contributed by atoms with E-state index in [0.717, 1.165) is 12.8 Å². The van der Waals surface area contributed by atoms with Crippen LogP contribution in [0.5, 0.6) is 0 Å². The molecule has 1 aromatic heterocycles. The molecule has 1 aliphatic rings. The summed E-state index contributed by atoms with van der Waals surface area (Å²) in [6, 6.07) is 1.45. The molecule has 0 amide bonds. The third-order valence-corrected chi connectivity index (χ3v) is 4.57. The first-order valence-corrected chi connectivity index (χ1v) is 6.62. The maximum absolute atomic E-state index is 12.0. The summed E-state index contributed by atoms with van der Waals surface area (Å²) in [7, 11) is -3.42. The van der Waals surface area contributed by atoms with E-state index in [-0.39, 0.29) is 10.4 Å². The molecule has 15 heavy (non-hydrogen) atoms. The van der Waals surface area contributed by atoms with Crippen molar-refractivity contribution in [1.82, 2.24) is 14.5 Å². The minimum absolute atomic E-state index is 0.0866. The SMILES string of the molecule is O=S(=O)(c1ccn[nH]1)N1CCCC(Cl)C1. The van der Waals surface area contributed by atoms with E-state index in [0.29, 0.717) is 13.1 Å². The summed E-state index contributed by atoms with van der Waals surface area (Å²) in [6.45, 7) is 0.910. The highest BCUT2D eigenvalue weighted by atomic mass is 35.5. The number of nitrogens with zero attached hydrogens (tertiary/aromatic N) is 2. The van der Waals surface area contributed by atoms with E-state index < -0.39 is 10.0 Å². The Hall–Kier alpha value is -0.590. The van der Waals surface area contributed by atoms with Crippen LogP contribution in [-0.2, 0) is 10.0 Å². The summed E-state index contributed by atoms with van der Waals surface area (Å²) in [6.07, 6.45) is 3.10. The fourth-order valence-corrected chi connectivity index (χ4v) is 3.46. The van der Waals surface area contributed by atoms with Crippen LogP contribution in [0.3, 0.4) is 0 Å². The highest BCUT2D eigenvalue weighted by molar-refractivity contribution is 7.89. The quantitative estimate of drug-likeness (QED) is 0.789. The summed E-state index contributed by atoms with van der Waals surface area (Å²) < 4.78 is 25.4. The Kier molecular flexibility index (Phi) is 2.99. The number of sulfonamides is 1. The van der Waals surface area contributed by atoms with Crippen molar-refractivity contribution >= 4 is 21.6 Å². The van der Waals surface area contributed by atoms with Crippen LogP contribution >= 0.6 is 11.6 Å². The average Bonchev–Trinajstić information content (AvgIpc) is 2.71. The third-order valence-electron chi connectivity index (χ3n) is 2.42. The number of halogens is 1. The molecule has 1 aromatic rings.